The number of piperidine rings is 1. The summed E-state index contributed by atoms with van der Waals surface area (Å²) in [6.45, 7) is 5.69. The molecule has 3 nitrogen and oxygen atoms in total. The second kappa shape index (κ2) is 4.97. The topological polar surface area (TPSA) is 40.5 Å². The average Bonchev–Trinajstić information content (AvgIpc) is 2.26. The molecule has 1 saturated heterocycles. The molecule has 1 saturated carbocycles. The first-order valence-corrected chi connectivity index (χ1v) is 7.01. The summed E-state index contributed by atoms with van der Waals surface area (Å²) in [6.07, 6.45) is 5.80. The third-order valence-corrected chi connectivity index (χ3v) is 4.36. The van der Waals surface area contributed by atoms with E-state index in [0.29, 0.717) is 18.3 Å². The molecule has 3 heteroatoms. The molecule has 2 aliphatic rings. The molecular formula is C14H25NO2. The molecule has 17 heavy (non-hydrogen) atoms. The van der Waals surface area contributed by atoms with E-state index in [4.69, 9.17) is 0 Å². The minimum atomic E-state index is -0.465. The number of carbonyl (C=O) groups excluding carboxylic acids is 1. The summed E-state index contributed by atoms with van der Waals surface area (Å²) >= 11 is 0. The van der Waals surface area contributed by atoms with E-state index < -0.39 is 5.60 Å². The maximum absolute atomic E-state index is 12.0. The lowest BCUT2D eigenvalue weighted by molar-refractivity contribution is -0.144. The molecule has 1 N–H and O–H groups in total. The van der Waals surface area contributed by atoms with E-state index in [1.165, 1.54) is 6.42 Å². The highest BCUT2D eigenvalue weighted by Gasteiger charge is 2.43. The fraction of sp³-hybridized carbons (Fsp3) is 0.929. The van der Waals surface area contributed by atoms with E-state index in [0.717, 1.165) is 38.8 Å². The van der Waals surface area contributed by atoms with Crippen molar-refractivity contribution in [3.05, 3.63) is 0 Å². The van der Waals surface area contributed by atoms with Crippen LogP contribution in [0, 0.1) is 11.8 Å². The Bertz CT molecular complexity index is 290. The number of nitrogens with zero attached hydrogens (tertiary/aromatic N) is 1. The number of rotatable bonds is 2. The van der Waals surface area contributed by atoms with Crippen LogP contribution < -0.4 is 0 Å². The Balaban J connectivity index is 1.95. The molecule has 1 heterocycles. The molecular weight excluding hydrogens is 214 g/mol. The molecule has 98 valence electrons. The molecule has 2 unspecified atom stereocenters. The van der Waals surface area contributed by atoms with Gasteiger partial charge >= 0.3 is 0 Å². The zero-order valence-corrected chi connectivity index (χ0v) is 11.1. The van der Waals surface area contributed by atoms with Crippen LogP contribution in [0.4, 0.5) is 0 Å². The third-order valence-electron chi connectivity index (χ3n) is 4.36. The van der Waals surface area contributed by atoms with Crippen molar-refractivity contribution >= 4 is 5.91 Å². The van der Waals surface area contributed by atoms with Crippen LogP contribution in [0.3, 0.4) is 0 Å². The van der Waals surface area contributed by atoms with Gasteiger partial charge in [-0.15, -0.1) is 0 Å². The lowest BCUT2D eigenvalue weighted by Gasteiger charge is -2.47. The molecule has 0 aromatic rings. The van der Waals surface area contributed by atoms with Gasteiger partial charge < -0.3 is 10.0 Å². The predicted molar refractivity (Wildman–Crippen MR) is 67.6 cm³/mol. The quantitative estimate of drug-likeness (QED) is 0.802. The van der Waals surface area contributed by atoms with Crippen molar-refractivity contribution in [3.63, 3.8) is 0 Å². The summed E-state index contributed by atoms with van der Waals surface area (Å²) in [5, 5.41) is 10.5. The predicted octanol–water partition coefficient (Wildman–Crippen LogP) is 2.19. The Morgan fingerprint density at radius 1 is 1.41 bits per heavy atom. The van der Waals surface area contributed by atoms with Crippen molar-refractivity contribution in [3.8, 4) is 0 Å². The van der Waals surface area contributed by atoms with E-state index in [1.807, 2.05) is 4.90 Å². The van der Waals surface area contributed by atoms with Gasteiger partial charge in [-0.1, -0.05) is 26.7 Å². The second-order valence-corrected chi connectivity index (χ2v) is 6.23. The van der Waals surface area contributed by atoms with Crippen LogP contribution in [0.15, 0.2) is 0 Å². The smallest absolute Gasteiger partial charge is 0.222 e. The first kappa shape index (κ1) is 12.9. The fourth-order valence-corrected chi connectivity index (χ4v) is 3.28. The van der Waals surface area contributed by atoms with Gasteiger partial charge in [0.2, 0.25) is 5.91 Å². The highest BCUT2D eigenvalue weighted by molar-refractivity contribution is 5.76. The van der Waals surface area contributed by atoms with Crippen LogP contribution in [-0.4, -0.2) is 34.6 Å². The van der Waals surface area contributed by atoms with Crippen molar-refractivity contribution in [2.45, 2.75) is 58.0 Å². The van der Waals surface area contributed by atoms with Crippen LogP contribution in [0.2, 0.25) is 0 Å². The van der Waals surface area contributed by atoms with E-state index in [-0.39, 0.29) is 5.91 Å². The molecule has 2 fully saturated rings. The zero-order chi connectivity index (χ0) is 12.5. The van der Waals surface area contributed by atoms with Gasteiger partial charge in [0, 0.05) is 25.4 Å². The maximum Gasteiger partial charge on any atom is 0.222 e. The molecule has 0 aromatic heterocycles. The number of likely N-dealkylation sites (tertiary alicyclic amines) is 1. The highest BCUT2D eigenvalue weighted by atomic mass is 16.3. The Morgan fingerprint density at radius 2 is 2.18 bits per heavy atom. The van der Waals surface area contributed by atoms with E-state index in [9.17, 15) is 9.90 Å². The van der Waals surface area contributed by atoms with Crippen molar-refractivity contribution < 1.29 is 9.90 Å². The number of hydrogen-bond donors (Lipinski definition) is 1. The maximum atomic E-state index is 12.0. The minimum Gasteiger partial charge on any atom is -0.389 e. The van der Waals surface area contributed by atoms with Crippen molar-refractivity contribution in [2.24, 2.45) is 11.8 Å². The lowest BCUT2D eigenvalue weighted by atomic mass is 9.71. The van der Waals surface area contributed by atoms with Gasteiger partial charge in [0.1, 0.15) is 0 Å². The van der Waals surface area contributed by atoms with E-state index >= 15 is 0 Å². The zero-order valence-electron chi connectivity index (χ0n) is 11.1. The molecule has 1 aliphatic heterocycles. The summed E-state index contributed by atoms with van der Waals surface area (Å²) < 4.78 is 0. The van der Waals surface area contributed by atoms with Crippen molar-refractivity contribution in [1.82, 2.24) is 4.90 Å². The molecule has 2 atom stereocenters. The van der Waals surface area contributed by atoms with Crippen LogP contribution in [0.1, 0.15) is 52.4 Å². The first-order chi connectivity index (χ1) is 8.01. The summed E-state index contributed by atoms with van der Waals surface area (Å²) in [5.74, 6) is 1.02. The average molecular weight is 239 g/mol. The van der Waals surface area contributed by atoms with Crippen LogP contribution >= 0.6 is 0 Å². The van der Waals surface area contributed by atoms with Crippen LogP contribution in [0.5, 0.6) is 0 Å². The summed E-state index contributed by atoms with van der Waals surface area (Å²) in [7, 11) is 0. The van der Waals surface area contributed by atoms with Gasteiger partial charge in [-0.2, -0.15) is 0 Å². The second-order valence-electron chi connectivity index (χ2n) is 6.23. The number of hydrogen-bond acceptors (Lipinski definition) is 2. The largest absolute Gasteiger partial charge is 0.389 e. The molecule has 0 spiro atoms. The fourth-order valence-electron chi connectivity index (χ4n) is 3.28. The standard InChI is InChI=1S/C14H25NO2/c1-11(2)9-13(16)15-8-7-14(17)6-4-3-5-12(14)10-15/h11-12,17H,3-10H2,1-2H3. The van der Waals surface area contributed by atoms with Gasteiger partial charge in [-0.3, -0.25) is 4.79 Å². The Kier molecular flexibility index (Phi) is 3.76. The van der Waals surface area contributed by atoms with Gasteiger partial charge in [0.15, 0.2) is 0 Å². The van der Waals surface area contributed by atoms with Gasteiger partial charge in [-0.25, -0.2) is 0 Å². The van der Waals surface area contributed by atoms with E-state index in [2.05, 4.69) is 13.8 Å². The summed E-state index contributed by atoms with van der Waals surface area (Å²) in [4.78, 5) is 14.0. The first-order valence-electron chi connectivity index (χ1n) is 7.01. The monoisotopic (exact) mass is 239 g/mol. The number of carbonyl (C=O) groups is 1. The number of amides is 1. The molecule has 1 amide bonds. The number of fused-ring (bicyclic) bond motifs is 1. The molecule has 2 rings (SSSR count). The third kappa shape index (κ3) is 2.82. The molecule has 1 aliphatic carbocycles. The summed E-state index contributed by atoms with van der Waals surface area (Å²) in [6, 6.07) is 0. The Morgan fingerprint density at radius 3 is 2.88 bits per heavy atom. The Hall–Kier alpha value is -0.570. The Labute approximate surface area is 104 Å². The minimum absolute atomic E-state index is 0.271. The molecule has 0 aromatic carbocycles. The van der Waals surface area contributed by atoms with E-state index in [1.54, 1.807) is 0 Å². The van der Waals surface area contributed by atoms with Crippen molar-refractivity contribution in [2.75, 3.05) is 13.1 Å². The SMILES string of the molecule is CC(C)CC(=O)N1CCC2(O)CCCCC2C1. The molecule has 0 radical (unpaired) electrons. The molecule has 0 bridgehead atoms. The van der Waals surface area contributed by atoms with Crippen molar-refractivity contribution in [1.29, 1.82) is 0 Å². The number of aliphatic hydroxyl groups is 1. The van der Waals surface area contributed by atoms with Crippen LogP contribution in [0.25, 0.3) is 0 Å². The van der Waals surface area contributed by atoms with Gasteiger partial charge in [-0.05, 0) is 25.2 Å². The lowest BCUT2D eigenvalue weighted by Crippen LogP contribution is -2.54. The van der Waals surface area contributed by atoms with Gasteiger partial charge in [0.25, 0.3) is 0 Å². The van der Waals surface area contributed by atoms with Crippen LogP contribution in [-0.2, 0) is 4.79 Å². The summed E-state index contributed by atoms with van der Waals surface area (Å²) in [5.41, 5.74) is -0.465. The highest BCUT2D eigenvalue weighted by Crippen LogP contribution is 2.39. The van der Waals surface area contributed by atoms with Gasteiger partial charge in [0.05, 0.1) is 5.60 Å². The normalized spacial score (nSPS) is 33.6.